The molecule has 1 aromatic heterocycles. The third-order valence-corrected chi connectivity index (χ3v) is 2.36. The van der Waals surface area contributed by atoms with Crippen molar-refractivity contribution >= 4 is 0 Å². The van der Waals surface area contributed by atoms with Crippen LogP contribution in [0.4, 0.5) is 0 Å². The lowest BCUT2D eigenvalue weighted by molar-refractivity contribution is 0.0413. The summed E-state index contributed by atoms with van der Waals surface area (Å²) in [4.78, 5) is 0. The fourth-order valence-corrected chi connectivity index (χ4v) is 1.41. The maximum absolute atomic E-state index is 9.56. The highest BCUT2D eigenvalue weighted by Crippen LogP contribution is 2.15. The van der Waals surface area contributed by atoms with Crippen molar-refractivity contribution in [3.05, 3.63) is 23.7 Å². The predicted octanol–water partition coefficient (Wildman–Crippen LogP) is 1.64. The first-order valence-corrected chi connectivity index (χ1v) is 5.69. The average Bonchev–Trinajstić information content (AvgIpc) is 2.69. The van der Waals surface area contributed by atoms with E-state index >= 15 is 0 Å². The van der Waals surface area contributed by atoms with Crippen LogP contribution in [0.15, 0.2) is 16.5 Å². The van der Waals surface area contributed by atoms with Crippen LogP contribution in [0.25, 0.3) is 0 Å². The molecule has 0 aromatic carbocycles. The Morgan fingerprint density at radius 2 is 2.25 bits per heavy atom. The molecule has 0 aliphatic carbocycles. The van der Waals surface area contributed by atoms with Crippen molar-refractivity contribution in [1.29, 1.82) is 0 Å². The molecule has 1 aromatic rings. The highest BCUT2D eigenvalue weighted by Gasteiger charge is 2.11. The standard InChI is InChI=1S/C12H21NO3/c1-4-15-8-11(14)7-13-10(3)12-6-5-9(2)16-12/h5-6,10-11,13-14H,4,7-8H2,1-3H3. The Bertz CT molecular complexity index is 298. The first-order chi connectivity index (χ1) is 7.63. The molecule has 0 radical (unpaired) electrons. The number of furan rings is 1. The number of hydrogen-bond donors (Lipinski definition) is 2. The number of aliphatic hydroxyl groups excluding tert-OH is 1. The van der Waals surface area contributed by atoms with Crippen molar-refractivity contribution in [3.63, 3.8) is 0 Å². The molecule has 1 rings (SSSR count). The van der Waals surface area contributed by atoms with Crippen LogP contribution in [-0.2, 0) is 4.74 Å². The Morgan fingerprint density at radius 3 is 2.81 bits per heavy atom. The molecular weight excluding hydrogens is 206 g/mol. The van der Waals surface area contributed by atoms with Gasteiger partial charge in [-0.3, -0.25) is 0 Å². The van der Waals surface area contributed by atoms with Crippen LogP contribution in [0.3, 0.4) is 0 Å². The summed E-state index contributed by atoms with van der Waals surface area (Å²) >= 11 is 0. The third kappa shape index (κ3) is 4.35. The van der Waals surface area contributed by atoms with Crippen molar-refractivity contribution in [2.45, 2.75) is 32.9 Å². The Labute approximate surface area is 96.6 Å². The van der Waals surface area contributed by atoms with Crippen molar-refractivity contribution < 1.29 is 14.3 Å². The van der Waals surface area contributed by atoms with Crippen molar-refractivity contribution in [2.75, 3.05) is 19.8 Å². The first kappa shape index (κ1) is 13.2. The van der Waals surface area contributed by atoms with Crippen LogP contribution < -0.4 is 5.32 Å². The predicted molar refractivity (Wildman–Crippen MR) is 62.4 cm³/mol. The summed E-state index contributed by atoms with van der Waals surface area (Å²) in [7, 11) is 0. The Kier molecular flexibility index (Phi) is 5.52. The minimum Gasteiger partial charge on any atom is -0.465 e. The molecule has 0 saturated carbocycles. The minimum atomic E-state index is -0.474. The zero-order chi connectivity index (χ0) is 12.0. The second-order valence-electron chi connectivity index (χ2n) is 3.89. The number of hydrogen-bond acceptors (Lipinski definition) is 4. The second-order valence-corrected chi connectivity index (χ2v) is 3.89. The fraction of sp³-hybridized carbons (Fsp3) is 0.667. The summed E-state index contributed by atoms with van der Waals surface area (Å²) in [6.45, 7) is 7.33. The lowest BCUT2D eigenvalue weighted by atomic mass is 10.2. The van der Waals surface area contributed by atoms with Gasteiger partial charge in [0.2, 0.25) is 0 Å². The summed E-state index contributed by atoms with van der Waals surface area (Å²) in [5.41, 5.74) is 0. The normalized spacial score (nSPS) is 15.0. The van der Waals surface area contributed by atoms with E-state index in [4.69, 9.17) is 9.15 Å². The van der Waals surface area contributed by atoms with Gasteiger partial charge in [-0.1, -0.05) is 0 Å². The number of nitrogens with one attached hydrogen (secondary N) is 1. The van der Waals surface area contributed by atoms with Gasteiger partial charge in [-0.25, -0.2) is 0 Å². The zero-order valence-corrected chi connectivity index (χ0v) is 10.2. The van der Waals surface area contributed by atoms with Gasteiger partial charge in [0.15, 0.2) is 0 Å². The van der Waals surface area contributed by atoms with Gasteiger partial charge in [-0.05, 0) is 32.9 Å². The second kappa shape index (κ2) is 6.68. The lowest BCUT2D eigenvalue weighted by Crippen LogP contribution is -2.32. The van der Waals surface area contributed by atoms with Crippen LogP contribution in [-0.4, -0.2) is 31.0 Å². The number of rotatable bonds is 7. The average molecular weight is 227 g/mol. The van der Waals surface area contributed by atoms with E-state index in [2.05, 4.69) is 5.32 Å². The van der Waals surface area contributed by atoms with Crippen LogP contribution in [0.1, 0.15) is 31.4 Å². The van der Waals surface area contributed by atoms with E-state index in [1.807, 2.05) is 32.9 Å². The molecule has 0 spiro atoms. The molecule has 4 nitrogen and oxygen atoms in total. The summed E-state index contributed by atoms with van der Waals surface area (Å²) < 4.78 is 10.6. The summed E-state index contributed by atoms with van der Waals surface area (Å²) in [6, 6.07) is 3.98. The van der Waals surface area contributed by atoms with E-state index in [-0.39, 0.29) is 6.04 Å². The summed E-state index contributed by atoms with van der Waals surface area (Å²) in [6.07, 6.45) is -0.474. The largest absolute Gasteiger partial charge is 0.465 e. The molecule has 2 N–H and O–H groups in total. The molecule has 0 aliphatic rings. The zero-order valence-electron chi connectivity index (χ0n) is 10.2. The van der Waals surface area contributed by atoms with Crippen LogP contribution in [0.5, 0.6) is 0 Å². The van der Waals surface area contributed by atoms with Gasteiger partial charge in [0, 0.05) is 13.2 Å². The van der Waals surface area contributed by atoms with Gasteiger partial charge < -0.3 is 19.6 Å². The summed E-state index contributed by atoms with van der Waals surface area (Å²) in [5, 5.41) is 12.8. The molecular formula is C12H21NO3. The SMILES string of the molecule is CCOCC(O)CNC(C)c1ccc(C)o1. The number of ether oxygens (including phenoxy) is 1. The van der Waals surface area contributed by atoms with Gasteiger partial charge in [0.05, 0.1) is 18.8 Å². The van der Waals surface area contributed by atoms with E-state index in [1.165, 1.54) is 0 Å². The van der Waals surface area contributed by atoms with E-state index in [9.17, 15) is 5.11 Å². The molecule has 92 valence electrons. The molecule has 0 saturated heterocycles. The minimum absolute atomic E-state index is 0.102. The Hall–Kier alpha value is -0.840. The smallest absolute Gasteiger partial charge is 0.120 e. The third-order valence-electron chi connectivity index (χ3n) is 2.36. The van der Waals surface area contributed by atoms with Crippen LogP contribution in [0.2, 0.25) is 0 Å². The Morgan fingerprint density at radius 1 is 1.50 bits per heavy atom. The van der Waals surface area contributed by atoms with Crippen molar-refractivity contribution in [1.82, 2.24) is 5.32 Å². The molecule has 0 fully saturated rings. The number of aryl methyl sites for hydroxylation is 1. The van der Waals surface area contributed by atoms with Gasteiger partial charge in [0.1, 0.15) is 11.5 Å². The van der Waals surface area contributed by atoms with E-state index < -0.39 is 6.10 Å². The molecule has 4 heteroatoms. The first-order valence-electron chi connectivity index (χ1n) is 5.69. The van der Waals surface area contributed by atoms with Gasteiger partial charge >= 0.3 is 0 Å². The Balaban J connectivity index is 2.27. The molecule has 2 atom stereocenters. The quantitative estimate of drug-likeness (QED) is 0.743. The molecule has 0 amide bonds. The maximum Gasteiger partial charge on any atom is 0.120 e. The highest BCUT2D eigenvalue weighted by atomic mass is 16.5. The molecule has 0 bridgehead atoms. The van der Waals surface area contributed by atoms with E-state index in [1.54, 1.807) is 0 Å². The lowest BCUT2D eigenvalue weighted by Gasteiger charge is -2.15. The monoisotopic (exact) mass is 227 g/mol. The van der Waals surface area contributed by atoms with E-state index in [0.29, 0.717) is 19.8 Å². The van der Waals surface area contributed by atoms with Gasteiger partial charge in [-0.15, -0.1) is 0 Å². The number of aliphatic hydroxyl groups is 1. The molecule has 0 aliphatic heterocycles. The fourth-order valence-electron chi connectivity index (χ4n) is 1.41. The van der Waals surface area contributed by atoms with Gasteiger partial charge in [-0.2, -0.15) is 0 Å². The van der Waals surface area contributed by atoms with Crippen LogP contribution in [0, 0.1) is 6.92 Å². The van der Waals surface area contributed by atoms with Crippen molar-refractivity contribution in [2.24, 2.45) is 0 Å². The van der Waals surface area contributed by atoms with Crippen LogP contribution >= 0.6 is 0 Å². The summed E-state index contributed by atoms with van der Waals surface area (Å²) in [5.74, 6) is 1.79. The van der Waals surface area contributed by atoms with E-state index in [0.717, 1.165) is 11.5 Å². The maximum atomic E-state index is 9.56. The highest BCUT2D eigenvalue weighted by molar-refractivity contribution is 5.08. The van der Waals surface area contributed by atoms with Gasteiger partial charge in [0.25, 0.3) is 0 Å². The molecule has 16 heavy (non-hydrogen) atoms. The topological polar surface area (TPSA) is 54.6 Å². The van der Waals surface area contributed by atoms with Crippen molar-refractivity contribution in [3.8, 4) is 0 Å². The molecule has 1 heterocycles. The molecule has 2 unspecified atom stereocenters.